The van der Waals surface area contributed by atoms with Crippen LogP contribution >= 0.6 is 0 Å². The van der Waals surface area contributed by atoms with Crippen molar-refractivity contribution in [3.8, 4) is 34.3 Å². The van der Waals surface area contributed by atoms with Crippen LogP contribution in [-0.4, -0.2) is 33.4 Å². The molecule has 3 rings (SSSR count). The number of phenols is 2. The molecular formula is C16H12N2O5. The lowest BCUT2D eigenvalue weighted by molar-refractivity contribution is 0.0600. The topological polar surface area (TPSA) is 106 Å². The Labute approximate surface area is 130 Å². The average molecular weight is 312 g/mol. The van der Waals surface area contributed by atoms with E-state index in [1.807, 2.05) is 0 Å². The molecule has 0 aliphatic carbocycles. The predicted octanol–water partition coefficient (Wildman–Crippen LogP) is 2.60. The van der Waals surface area contributed by atoms with E-state index in [0.717, 1.165) is 0 Å². The summed E-state index contributed by atoms with van der Waals surface area (Å²) in [6.45, 7) is 0. The summed E-state index contributed by atoms with van der Waals surface area (Å²) >= 11 is 0. The lowest BCUT2D eigenvalue weighted by Gasteiger charge is -2.00. The van der Waals surface area contributed by atoms with Gasteiger partial charge in [-0.25, -0.2) is 4.79 Å². The van der Waals surface area contributed by atoms with Gasteiger partial charge in [0.2, 0.25) is 5.82 Å². The second-order valence-electron chi connectivity index (χ2n) is 4.67. The highest BCUT2D eigenvalue weighted by Crippen LogP contribution is 2.35. The van der Waals surface area contributed by atoms with Gasteiger partial charge in [-0.05, 0) is 24.3 Å². The van der Waals surface area contributed by atoms with Crippen LogP contribution in [0.15, 0.2) is 47.0 Å². The van der Waals surface area contributed by atoms with E-state index in [4.69, 9.17) is 4.52 Å². The molecule has 0 fully saturated rings. The Balaban J connectivity index is 1.93. The van der Waals surface area contributed by atoms with Gasteiger partial charge in [0.25, 0.3) is 5.89 Å². The molecule has 0 aliphatic heterocycles. The summed E-state index contributed by atoms with van der Waals surface area (Å²) in [4.78, 5) is 15.6. The zero-order valence-corrected chi connectivity index (χ0v) is 12.1. The summed E-state index contributed by atoms with van der Waals surface area (Å²) in [6, 6.07) is 10.9. The first-order valence-electron chi connectivity index (χ1n) is 6.64. The molecule has 2 N–H and O–H groups in total. The SMILES string of the molecule is COC(=O)c1ccc(-c2noc(-c3cccc(O)c3O)n2)cc1. The van der Waals surface area contributed by atoms with E-state index in [0.29, 0.717) is 17.0 Å². The van der Waals surface area contributed by atoms with Crippen molar-refractivity contribution in [1.29, 1.82) is 0 Å². The number of carbonyl (C=O) groups is 1. The summed E-state index contributed by atoms with van der Waals surface area (Å²) in [5.74, 6) is -0.673. The summed E-state index contributed by atoms with van der Waals surface area (Å²) in [7, 11) is 1.31. The molecule has 1 aromatic heterocycles. The van der Waals surface area contributed by atoms with Gasteiger partial charge in [-0.1, -0.05) is 23.4 Å². The average Bonchev–Trinajstić information content (AvgIpc) is 3.06. The zero-order valence-electron chi connectivity index (χ0n) is 12.1. The molecule has 7 nitrogen and oxygen atoms in total. The van der Waals surface area contributed by atoms with Crippen LogP contribution in [0.5, 0.6) is 11.5 Å². The lowest BCUT2D eigenvalue weighted by Crippen LogP contribution is -2.00. The number of para-hydroxylation sites is 1. The van der Waals surface area contributed by atoms with Gasteiger partial charge in [0.1, 0.15) is 0 Å². The number of methoxy groups -OCH3 is 1. The number of ether oxygens (including phenoxy) is 1. The maximum absolute atomic E-state index is 11.4. The van der Waals surface area contributed by atoms with Gasteiger partial charge in [0.15, 0.2) is 11.5 Å². The lowest BCUT2D eigenvalue weighted by atomic mass is 10.1. The predicted molar refractivity (Wildman–Crippen MR) is 79.8 cm³/mol. The van der Waals surface area contributed by atoms with Gasteiger partial charge in [0, 0.05) is 5.56 Å². The van der Waals surface area contributed by atoms with Crippen LogP contribution in [0.2, 0.25) is 0 Å². The van der Waals surface area contributed by atoms with Crippen molar-refractivity contribution in [3.63, 3.8) is 0 Å². The number of benzene rings is 2. The molecule has 0 saturated heterocycles. The monoisotopic (exact) mass is 312 g/mol. The van der Waals surface area contributed by atoms with E-state index in [1.54, 1.807) is 36.4 Å². The molecule has 0 unspecified atom stereocenters. The maximum Gasteiger partial charge on any atom is 0.337 e. The van der Waals surface area contributed by atoms with Gasteiger partial charge in [-0.2, -0.15) is 4.98 Å². The van der Waals surface area contributed by atoms with E-state index < -0.39 is 5.97 Å². The van der Waals surface area contributed by atoms with Crippen LogP contribution in [-0.2, 0) is 4.74 Å². The highest BCUT2D eigenvalue weighted by Gasteiger charge is 2.16. The highest BCUT2D eigenvalue weighted by atomic mass is 16.5. The number of aromatic hydroxyl groups is 2. The molecule has 1 heterocycles. The van der Waals surface area contributed by atoms with Crippen molar-refractivity contribution >= 4 is 5.97 Å². The molecule has 7 heteroatoms. The normalized spacial score (nSPS) is 10.5. The number of hydrogen-bond donors (Lipinski definition) is 2. The van der Waals surface area contributed by atoms with Crippen molar-refractivity contribution in [2.45, 2.75) is 0 Å². The molecule has 0 aliphatic rings. The fourth-order valence-corrected chi connectivity index (χ4v) is 2.03. The number of hydrogen-bond acceptors (Lipinski definition) is 7. The molecule has 3 aromatic rings. The smallest absolute Gasteiger partial charge is 0.337 e. The van der Waals surface area contributed by atoms with Gasteiger partial charge >= 0.3 is 5.97 Å². The molecule has 0 spiro atoms. The molecule has 0 amide bonds. The fraction of sp³-hybridized carbons (Fsp3) is 0.0625. The molecule has 0 atom stereocenters. The molecule has 116 valence electrons. The van der Waals surface area contributed by atoms with Crippen molar-refractivity contribution in [2.75, 3.05) is 7.11 Å². The van der Waals surface area contributed by atoms with E-state index >= 15 is 0 Å². The standard InChI is InChI=1S/C16H12N2O5/c1-22-16(21)10-7-5-9(6-8-10)14-17-15(23-18-14)11-3-2-4-12(19)13(11)20/h2-8,19-20H,1H3. The summed E-state index contributed by atoms with van der Waals surface area (Å²) < 4.78 is 9.74. The van der Waals surface area contributed by atoms with Crippen molar-refractivity contribution < 1.29 is 24.3 Å². The van der Waals surface area contributed by atoms with Crippen LogP contribution in [0, 0.1) is 0 Å². The first-order valence-corrected chi connectivity index (χ1v) is 6.64. The first-order chi connectivity index (χ1) is 11.1. The third kappa shape index (κ3) is 2.71. The second kappa shape index (κ2) is 5.80. The highest BCUT2D eigenvalue weighted by molar-refractivity contribution is 5.89. The fourth-order valence-electron chi connectivity index (χ4n) is 2.03. The maximum atomic E-state index is 11.4. The molecule has 0 bridgehead atoms. The molecule has 2 aromatic carbocycles. The molecular weight excluding hydrogens is 300 g/mol. The van der Waals surface area contributed by atoms with Crippen LogP contribution in [0.25, 0.3) is 22.8 Å². The summed E-state index contributed by atoms with van der Waals surface area (Å²) in [5.41, 5.74) is 1.27. The van der Waals surface area contributed by atoms with Gasteiger partial charge in [-0.15, -0.1) is 0 Å². The van der Waals surface area contributed by atoms with E-state index in [-0.39, 0.29) is 23.0 Å². The van der Waals surface area contributed by atoms with Crippen molar-refractivity contribution in [3.05, 3.63) is 48.0 Å². The van der Waals surface area contributed by atoms with Crippen LogP contribution in [0.1, 0.15) is 10.4 Å². The van der Waals surface area contributed by atoms with Crippen molar-refractivity contribution in [2.24, 2.45) is 0 Å². The number of rotatable bonds is 3. The second-order valence-corrected chi connectivity index (χ2v) is 4.67. The van der Waals surface area contributed by atoms with Gasteiger partial charge in [0.05, 0.1) is 18.2 Å². The third-order valence-electron chi connectivity index (χ3n) is 3.24. The Morgan fingerprint density at radius 1 is 1.13 bits per heavy atom. The number of carbonyl (C=O) groups excluding carboxylic acids is 1. The van der Waals surface area contributed by atoms with Crippen LogP contribution < -0.4 is 0 Å². The van der Waals surface area contributed by atoms with E-state index in [9.17, 15) is 15.0 Å². The zero-order chi connectivity index (χ0) is 16.4. The number of esters is 1. The Kier molecular flexibility index (Phi) is 3.68. The molecule has 0 saturated carbocycles. The summed E-state index contributed by atoms with van der Waals surface area (Å²) in [5, 5.41) is 23.2. The Bertz CT molecular complexity index is 855. The minimum Gasteiger partial charge on any atom is -0.504 e. The number of aromatic nitrogens is 2. The first kappa shape index (κ1) is 14.6. The quantitative estimate of drug-likeness (QED) is 0.565. The van der Waals surface area contributed by atoms with Gasteiger partial charge < -0.3 is 19.5 Å². The number of nitrogens with zero attached hydrogens (tertiary/aromatic N) is 2. The Morgan fingerprint density at radius 3 is 2.57 bits per heavy atom. The van der Waals surface area contributed by atoms with Crippen LogP contribution in [0.3, 0.4) is 0 Å². The molecule has 23 heavy (non-hydrogen) atoms. The van der Waals surface area contributed by atoms with E-state index in [1.165, 1.54) is 13.2 Å². The Hall–Kier alpha value is -3.35. The number of phenolic OH excluding ortho intramolecular Hbond substituents is 2. The van der Waals surface area contributed by atoms with Gasteiger partial charge in [-0.3, -0.25) is 0 Å². The third-order valence-corrected chi connectivity index (χ3v) is 3.24. The van der Waals surface area contributed by atoms with E-state index in [2.05, 4.69) is 14.9 Å². The van der Waals surface area contributed by atoms with Crippen molar-refractivity contribution in [1.82, 2.24) is 10.1 Å². The van der Waals surface area contributed by atoms with Crippen LogP contribution in [0.4, 0.5) is 0 Å². The summed E-state index contributed by atoms with van der Waals surface area (Å²) in [6.07, 6.45) is 0. The minimum atomic E-state index is -0.435. The Morgan fingerprint density at radius 2 is 1.87 bits per heavy atom. The minimum absolute atomic E-state index is 0.0745. The largest absolute Gasteiger partial charge is 0.504 e. The molecule has 0 radical (unpaired) electrons.